The Hall–Kier alpha value is -1.32. The van der Waals surface area contributed by atoms with Crippen molar-refractivity contribution in [3.63, 3.8) is 0 Å². The predicted molar refractivity (Wildman–Crippen MR) is 82.1 cm³/mol. The maximum absolute atomic E-state index is 12.1. The fourth-order valence-corrected chi connectivity index (χ4v) is 3.03. The second-order valence-electron chi connectivity index (χ2n) is 4.99. The van der Waals surface area contributed by atoms with E-state index in [2.05, 4.69) is 4.99 Å². The molecule has 0 unspecified atom stereocenters. The molecule has 1 fully saturated rings. The summed E-state index contributed by atoms with van der Waals surface area (Å²) < 4.78 is 0. The molecule has 0 radical (unpaired) electrons. The number of carbonyl (C=O) groups is 1. The van der Waals surface area contributed by atoms with Crippen molar-refractivity contribution in [1.29, 1.82) is 0 Å². The van der Waals surface area contributed by atoms with Crippen LogP contribution in [0.4, 0.5) is 0 Å². The van der Waals surface area contributed by atoms with E-state index >= 15 is 0 Å². The number of rotatable bonds is 1. The summed E-state index contributed by atoms with van der Waals surface area (Å²) in [6.07, 6.45) is 6.04. The number of hydrogen-bond donors (Lipinski definition) is 0. The van der Waals surface area contributed by atoms with Crippen LogP contribution in [0, 0.1) is 0 Å². The van der Waals surface area contributed by atoms with Gasteiger partial charge in [0, 0.05) is 23.0 Å². The lowest BCUT2D eigenvalue weighted by atomic mass is 10.1. The maximum Gasteiger partial charge on any atom is 0.295 e. The van der Waals surface area contributed by atoms with Crippen molar-refractivity contribution >= 4 is 41.0 Å². The SMILES string of the molecule is O=C1N=C2CCCCCN2/C1=C/c1ccc(Cl)cc1Cl. The lowest BCUT2D eigenvalue weighted by Gasteiger charge is -2.18. The minimum atomic E-state index is -0.173. The third kappa shape index (κ3) is 2.60. The molecular weight excluding hydrogens is 295 g/mol. The Kier molecular flexibility index (Phi) is 3.81. The van der Waals surface area contributed by atoms with Crippen molar-refractivity contribution in [2.75, 3.05) is 6.54 Å². The molecule has 1 aromatic carbocycles. The zero-order valence-corrected chi connectivity index (χ0v) is 12.4. The highest BCUT2D eigenvalue weighted by atomic mass is 35.5. The van der Waals surface area contributed by atoms with E-state index < -0.39 is 0 Å². The van der Waals surface area contributed by atoms with E-state index in [1.165, 1.54) is 6.42 Å². The first-order valence-electron chi connectivity index (χ1n) is 6.71. The molecule has 0 N–H and O–H groups in total. The molecular formula is C15H14Cl2N2O. The van der Waals surface area contributed by atoms with Gasteiger partial charge < -0.3 is 4.90 Å². The average Bonchev–Trinajstić information content (AvgIpc) is 2.59. The van der Waals surface area contributed by atoms with Crippen LogP contribution in [0.15, 0.2) is 28.9 Å². The third-order valence-corrected chi connectivity index (χ3v) is 4.15. The number of benzene rings is 1. The van der Waals surface area contributed by atoms with Gasteiger partial charge in [-0.3, -0.25) is 4.79 Å². The smallest absolute Gasteiger partial charge is 0.295 e. The molecule has 0 atom stereocenters. The molecule has 2 aliphatic rings. The Labute approximate surface area is 127 Å². The van der Waals surface area contributed by atoms with Crippen LogP contribution in [0.25, 0.3) is 6.08 Å². The highest BCUT2D eigenvalue weighted by Gasteiger charge is 2.30. The van der Waals surface area contributed by atoms with E-state index in [4.69, 9.17) is 23.2 Å². The van der Waals surface area contributed by atoms with Crippen molar-refractivity contribution in [3.8, 4) is 0 Å². The molecule has 104 valence electrons. The zero-order chi connectivity index (χ0) is 14.1. The van der Waals surface area contributed by atoms with E-state index in [9.17, 15) is 4.79 Å². The van der Waals surface area contributed by atoms with Gasteiger partial charge >= 0.3 is 0 Å². The van der Waals surface area contributed by atoms with Crippen LogP contribution >= 0.6 is 23.2 Å². The monoisotopic (exact) mass is 308 g/mol. The Balaban J connectivity index is 1.96. The Morgan fingerprint density at radius 1 is 1.20 bits per heavy atom. The number of amides is 1. The molecule has 3 nitrogen and oxygen atoms in total. The number of halogens is 2. The fourth-order valence-electron chi connectivity index (χ4n) is 2.57. The molecule has 0 saturated carbocycles. The molecule has 2 aliphatic heterocycles. The predicted octanol–water partition coefficient (Wildman–Crippen LogP) is 4.15. The molecule has 2 heterocycles. The molecule has 5 heteroatoms. The quantitative estimate of drug-likeness (QED) is 0.730. The number of nitrogens with zero attached hydrogens (tertiary/aromatic N) is 2. The van der Waals surface area contributed by atoms with Crippen molar-refractivity contribution in [3.05, 3.63) is 39.5 Å². The van der Waals surface area contributed by atoms with Crippen LogP contribution in [-0.2, 0) is 4.79 Å². The van der Waals surface area contributed by atoms with Crippen LogP contribution in [0.1, 0.15) is 31.2 Å². The highest BCUT2D eigenvalue weighted by Crippen LogP contribution is 2.28. The van der Waals surface area contributed by atoms with Crippen LogP contribution in [0.2, 0.25) is 10.0 Å². The number of amidine groups is 1. The van der Waals surface area contributed by atoms with E-state index in [-0.39, 0.29) is 5.91 Å². The molecule has 1 saturated heterocycles. The van der Waals surface area contributed by atoms with Crippen molar-refractivity contribution in [2.24, 2.45) is 4.99 Å². The summed E-state index contributed by atoms with van der Waals surface area (Å²) in [6, 6.07) is 5.27. The lowest BCUT2D eigenvalue weighted by Crippen LogP contribution is -2.26. The van der Waals surface area contributed by atoms with Gasteiger partial charge in [-0.25, -0.2) is 0 Å². The van der Waals surface area contributed by atoms with Gasteiger partial charge in [-0.2, -0.15) is 4.99 Å². The molecule has 0 aliphatic carbocycles. The van der Waals surface area contributed by atoms with Gasteiger partial charge in [-0.05, 0) is 36.6 Å². The summed E-state index contributed by atoms with van der Waals surface area (Å²) in [7, 11) is 0. The molecule has 20 heavy (non-hydrogen) atoms. The first-order chi connectivity index (χ1) is 9.65. The van der Waals surface area contributed by atoms with Crippen molar-refractivity contribution < 1.29 is 4.79 Å². The average molecular weight is 309 g/mol. The van der Waals surface area contributed by atoms with Crippen LogP contribution in [-0.4, -0.2) is 23.2 Å². The molecule has 0 aromatic heterocycles. The number of hydrogen-bond acceptors (Lipinski definition) is 2. The summed E-state index contributed by atoms with van der Waals surface area (Å²) in [4.78, 5) is 18.3. The zero-order valence-electron chi connectivity index (χ0n) is 10.9. The van der Waals surface area contributed by atoms with Crippen LogP contribution < -0.4 is 0 Å². The maximum atomic E-state index is 12.1. The summed E-state index contributed by atoms with van der Waals surface area (Å²) in [6.45, 7) is 0.849. The first-order valence-corrected chi connectivity index (χ1v) is 7.47. The van der Waals surface area contributed by atoms with Crippen LogP contribution in [0.3, 0.4) is 0 Å². The second kappa shape index (κ2) is 5.58. The standard InChI is InChI=1S/C15H14Cl2N2O/c16-11-6-5-10(12(17)9-11)8-13-15(20)18-14-4-2-1-3-7-19(13)14/h5-6,8-9H,1-4,7H2/b13-8+. The lowest BCUT2D eigenvalue weighted by molar-refractivity contribution is -0.114. The van der Waals surface area contributed by atoms with E-state index in [1.807, 2.05) is 17.0 Å². The Morgan fingerprint density at radius 3 is 2.85 bits per heavy atom. The molecule has 0 bridgehead atoms. The largest absolute Gasteiger partial charge is 0.325 e. The van der Waals surface area contributed by atoms with E-state index in [1.54, 1.807) is 12.1 Å². The number of fused-ring (bicyclic) bond motifs is 1. The van der Waals surface area contributed by atoms with Crippen molar-refractivity contribution in [2.45, 2.75) is 25.7 Å². The molecule has 3 rings (SSSR count). The van der Waals surface area contributed by atoms with Gasteiger partial charge in [0.2, 0.25) is 0 Å². The van der Waals surface area contributed by atoms with Gasteiger partial charge in [-0.1, -0.05) is 35.7 Å². The topological polar surface area (TPSA) is 32.7 Å². The summed E-state index contributed by atoms with van der Waals surface area (Å²) in [5.41, 5.74) is 1.41. The van der Waals surface area contributed by atoms with Gasteiger partial charge in [-0.15, -0.1) is 0 Å². The minimum Gasteiger partial charge on any atom is -0.325 e. The molecule has 1 amide bonds. The van der Waals surface area contributed by atoms with Gasteiger partial charge in [0.1, 0.15) is 11.5 Å². The van der Waals surface area contributed by atoms with E-state index in [0.29, 0.717) is 15.7 Å². The summed E-state index contributed by atoms with van der Waals surface area (Å²) in [5.74, 6) is 0.719. The molecule has 0 spiro atoms. The van der Waals surface area contributed by atoms with Gasteiger partial charge in [0.05, 0.1) is 0 Å². The Bertz CT molecular complexity index is 622. The van der Waals surface area contributed by atoms with Crippen LogP contribution in [0.5, 0.6) is 0 Å². The number of aliphatic imine (C=N–C) groups is 1. The summed E-state index contributed by atoms with van der Waals surface area (Å²) in [5, 5.41) is 1.13. The Morgan fingerprint density at radius 2 is 2.05 bits per heavy atom. The highest BCUT2D eigenvalue weighted by molar-refractivity contribution is 6.35. The first kappa shape index (κ1) is 13.7. The van der Waals surface area contributed by atoms with Gasteiger partial charge in [0.25, 0.3) is 5.91 Å². The molecule has 1 aromatic rings. The second-order valence-corrected chi connectivity index (χ2v) is 5.83. The normalized spacial score (nSPS) is 20.9. The number of carbonyl (C=O) groups excluding carboxylic acids is 1. The summed E-state index contributed by atoms with van der Waals surface area (Å²) >= 11 is 12.1. The third-order valence-electron chi connectivity index (χ3n) is 3.59. The van der Waals surface area contributed by atoms with Gasteiger partial charge in [0.15, 0.2) is 0 Å². The van der Waals surface area contributed by atoms with Crippen molar-refractivity contribution in [1.82, 2.24) is 4.90 Å². The fraction of sp³-hybridized carbons (Fsp3) is 0.333. The minimum absolute atomic E-state index is 0.173. The van der Waals surface area contributed by atoms with E-state index in [0.717, 1.165) is 37.2 Å².